The molecule has 0 saturated carbocycles. The minimum atomic E-state index is -0.226. The number of nitrogens with zero attached hydrogens (tertiary/aromatic N) is 1. The minimum Gasteiger partial charge on any atom is -0.308 e. The molecule has 1 amide bonds. The van der Waals surface area contributed by atoms with E-state index in [4.69, 9.17) is 23.2 Å². The Balaban J connectivity index is 1.69. The molecule has 0 bridgehead atoms. The van der Waals surface area contributed by atoms with Crippen LogP contribution in [0.25, 0.3) is 0 Å². The zero-order valence-electron chi connectivity index (χ0n) is 14.0. The smallest absolute Gasteiger partial charge is 0.239 e. The van der Waals surface area contributed by atoms with Gasteiger partial charge in [-0.1, -0.05) is 59.1 Å². The van der Waals surface area contributed by atoms with Crippen molar-refractivity contribution in [3.63, 3.8) is 0 Å². The molecule has 0 saturated heterocycles. The Morgan fingerprint density at radius 3 is 2.65 bits per heavy atom. The Kier molecular flexibility index (Phi) is 6.27. The summed E-state index contributed by atoms with van der Waals surface area (Å²) in [4.78, 5) is 17.5. The first kappa shape index (κ1) is 18.9. The molecule has 2 N–H and O–H groups in total. The van der Waals surface area contributed by atoms with Gasteiger partial charge in [-0.25, -0.2) is 4.98 Å². The first-order valence-corrected chi connectivity index (χ1v) is 9.61. The van der Waals surface area contributed by atoms with Crippen molar-refractivity contribution in [2.45, 2.75) is 13.0 Å². The number of nitrogens with one attached hydrogen (secondary N) is 2. The number of amides is 1. The zero-order chi connectivity index (χ0) is 18.5. The molecule has 3 aromatic rings. The van der Waals surface area contributed by atoms with Crippen molar-refractivity contribution in [2.24, 2.45) is 0 Å². The first-order chi connectivity index (χ1) is 12.5. The largest absolute Gasteiger partial charge is 0.308 e. The van der Waals surface area contributed by atoms with Crippen molar-refractivity contribution < 1.29 is 4.79 Å². The molecule has 0 aliphatic heterocycles. The van der Waals surface area contributed by atoms with Crippen LogP contribution in [-0.4, -0.2) is 17.4 Å². The summed E-state index contributed by atoms with van der Waals surface area (Å²) in [5, 5.41) is 8.76. The highest BCUT2D eigenvalue weighted by atomic mass is 35.5. The van der Waals surface area contributed by atoms with Gasteiger partial charge in [0.05, 0.1) is 22.6 Å². The Morgan fingerprint density at radius 1 is 1.23 bits per heavy atom. The average molecular weight is 406 g/mol. The number of halogens is 2. The van der Waals surface area contributed by atoms with Crippen LogP contribution in [0.5, 0.6) is 0 Å². The van der Waals surface area contributed by atoms with Gasteiger partial charge in [0.1, 0.15) is 0 Å². The van der Waals surface area contributed by atoms with E-state index >= 15 is 0 Å². The van der Waals surface area contributed by atoms with E-state index in [1.165, 1.54) is 11.8 Å². The van der Waals surface area contributed by atoms with Crippen molar-refractivity contribution in [2.75, 3.05) is 11.9 Å². The maximum atomic E-state index is 12.3. The lowest BCUT2D eigenvalue weighted by Gasteiger charge is -2.18. The van der Waals surface area contributed by atoms with Gasteiger partial charge >= 0.3 is 0 Å². The Morgan fingerprint density at radius 2 is 2.00 bits per heavy atom. The number of pyridine rings is 1. The first-order valence-electron chi connectivity index (χ1n) is 7.97. The minimum absolute atomic E-state index is 0.0602. The third-order valence-corrected chi connectivity index (χ3v) is 5.20. The van der Waals surface area contributed by atoms with Crippen LogP contribution in [-0.2, 0) is 4.79 Å². The molecule has 2 heterocycles. The summed E-state index contributed by atoms with van der Waals surface area (Å²) in [5.74, 6) is 0.0706. The third-order valence-electron chi connectivity index (χ3n) is 3.77. The van der Waals surface area contributed by atoms with Gasteiger partial charge in [0.15, 0.2) is 5.82 Å². The zero-order valence-corrected chi connectivity index (χ0v) is 16.3. The maximum absolute atomic E-state index is 12.3. The molecule has 3 rings (SSSR count). The molecule has 1 atom stereocenters. The SMILES string of the molecule is Cc1ccc([C@@H](NCC(=O)Nc2ncc(Cl)cc2Cl)c2cccs2)cc1. The fraction of sp³-hybridized carbons (Fsp3) is 0.158. The molecule has 0 aliphatic rings. The highest BCUT2D eigenvalue weighted by Gasteiger charge is 2.16. The van der Waals surface area contributed by atoms with Crippen molar-refractivity contribution in [1.82, 2.24) is 10.3 Å². The molecular formula is C19H17Cl2N3OS. The van der Waals surface area contributed by atoms with Gasteiger partial charge in [-0.15, -0.1) is 11.3 Å². The number of carbonyl (C=O) groups is 1. The van der Waals surface area contributed by atoms with Crippen molar-refractivity contribution in [3.05, 3.63) is 80.1 Å². The van der Waals surface area contributed by atoms with Crippen LogP contribution in [0.1, 0.15) is 22.0 Å². The molecule has 7 heteroatoms. The number of anilines is 1. The van der Waals surface area contributed by atoms with Gasteiger partial charge in [0.2, 0.25) is 5.91 Å². The van der Waals surface area contributed by atoms with Gasteiger partial charge in [0, 0.05) is 11.1 Å². The van der Waals surface area contributed by atoms with Gasteiger partial charge in [-0.05, 0) is 30.0 Å². The Labute approximate surface area is 166 Å². The average Bonchev–Trinajstić information content (AvgIpc) is 3.13. The summed E-state index contributed by atoms with van der Waals surface area (Å²) >= 11 is 13.5. The number of benzene rings is 1. The van der Waals surface area contributed by atoms with Crippen molar-refractivity contribution in [3.8, 4) is 0 Å². The Hall–Kier alpha value is -1.92. The van der Waals surface area contributed by atoms with E-state index in [2.05, 4.69) is 45.9 Å². The van der Waals surface area contributed by atoms with Gasteiger partial charge in [-0.2, -0.15) is 0 Å². The van der Waals surface area contributed by atoms with Crippen LogP contribution in [0.15, 0.2) is 54.0 Å². The molecule has 0 spiro atoms. The van der Waals surface area contributed by atoms with Crippen molar-refractivity contribution >= 4 is 46.3 Å². The highest BCUT2D eigenvalue weighted by molar-refractivity contribution is 7.10. The molecule has 2 aromatic heterocycles. The second kappa shape index (κ2) is 8.64. The third kappa shape index (κ3) is 4.83. The second-order valence-corrected chi connectivity index (χ2v) is 7.60. The summed E-state index contributed by atoms with van der Waals surface area (Å²) in [6, 6.07) is 13.8. The molecular weight excluding hydrogens is 389 g/mol. The number of hydrogen-bond acceptors (Lipinski definition) is 4. The van der Waals surface area contributed by atoms with Crippen LogP contribution in [0, 0.1) is 6.92 Å². The number of aryl methyl sites for hydroxylation is 1. The summed E-state index contributed by atoms with van der Waals surface area (Å²) in [7, 11) is 0. The van der Waals surface area contributed by atoms with E-state index in [1.807, 2.05) is 18.4 Å². The summed E-state index contributed by atoms with van der Waals surface area (Å²) in [6.45, 7) is 2.17. The van der Waals surface area contributed by atoms with Gasteiger partial charge in [0.25, 0.3) is 0 Å². The number of thiophene rings is 1. The lowest BCUT2D eigenvalue weighted by Crippen LogP contribution is -2.31. The summed E-state index contributed by atoms with van der Waals surface area (Å²) in [6.07, 6.45) is 1.44. The highest BCUT2D eigenvalue weighted by Crippen LogP contribution is 2.26. The molecule has 0 aliphatic carbocycles. The predicted octanol–water partition coefficient (Wildman–Crippen LogP) is 5.08. The number of rotatable bonds is 6. The lowest BCUT2D eigenvalue weighted by molar-refractivity contribution is -0.115. The van der Waals surface area contributed by atoms with E-state index in [1.54, 1.807) is 17.4 Å². The predicted molar refractivity (Wildman–Crippen MR) is 108 cm³/mol. The molecule has 0 radical (unpaired) electrons. The Bertz CT molecular complexity index is 882. The van der Waals surface area contributed by atoms with E-state index < -0.39 is 0 Å². The van der Waals surface area contributed by atoms with Gasteiger partial charge in [-0.3, -0.25) is 10.1 Å². The quantitative estimate of drug-likeness (QED) is 0.601. The second-order valence-electron chi connectivity index (χ2n) is 5.77. The van der Waals surface area contributed by atoms with Crippen LogP contribution >= 0.6 is 34.5 Å². The van der Waals surface area contributed by atoms with Gasteiger partial charge < -0.3 is 5.32 Å². The topological polar surface area (TPSA) is 54.0 Å². The fourth-order valence-corrected chi connectivity index (χ4v) is 3.73. The van der Waals surface area contributed by atoms with Crippen LogP contribution in [0.2, 0.25) is 10.0 Å². The van der Waals surface area contributed by atoms with Crippen LogP contribution < -0.4 is 10.6 Å². The van der Waals surface area contributed by atoms with E-state index in [0.717, 1.165) is 10.4 Å². The summed E-state index contributed by atoms with van der Waals surface area (Å²) in [5.41, 5.74) is 2.30. The summed E-state index contributed by atoms with van der Waals surface area (Å²) < 4.78 is 0. The number of aromatic nitrogens is 1. The normalized spacial score (nSPS) is 12.0. The fourth-order valence-electron chi connectivity index (χ4n) is 2.47. The van der Waals surface area contributed by atoms with E-state index in [0.29, 0.717) is 15.9 Å². The molecule has 26 heavy (non-hydrogen) atoms. The van der Waals surface area contributed by atoms with E-state index in [9.17, 15) is 4.79 Å². The molecule has 0 unspecified atom stereocenters. The maximum Gasteiger partial charge on any atom is 0.239 e. The van der Waals surface area contributed by atoms with E-state index in [-0.39, 0.29) is 18.5 Å². The monoisotopic (exact) mass is 405 g/mol. The lowest BCUT2D eigenvalue weighted by atomic mass is 10.0. The molecule has 0 fully saturated rings. The standard InChI is InChI=1S/C19H17Cl2N3OS/c1-12-4-6-13(7-5-12)18(16-3-2-8-26-16)22-11-17(25)24-19-15(21)9-14(20)10-23-19/h2-10,18,22H,11H2,1H3,(H,23,24,25)/t18-/m1/s1. The molecule has 1 aromatic carbocycles. The van der Waals surface area contributed by atoms with Crippen LogP contribution in [0.4, 0.5) is 5.82 Å². The number of carbonyl (C=O) groups excluding carboxylic acids is 1. The number of hydrogen-bond donors (Lipinski definition) is 2. The van der Waals surface area contributed by atoms with Crippen molar-refractivity contribution in [1.29, 1.82) is 0 Å². The molecule has 4 nitrogen and oxygen atoms in total. The molecule has 134 valence electrons. The van der Waals surface area contributed by atoms with Crippen LogP contribution in [0.3, 0.4) is 0 Å².